The Morgan fingerprint density at radius 2 is 2.05 bits per heavy atom. The molecular weight excluding hydrogens is 256 g/mol. The minimum Gasteiger partial charge on any atom is -0.481 e. The van der Waals surface area contributed by atoms with E-state index in [1.807, 2.05) is 0 Å². The van der Waals surface area contributed by atoms with Gasteiger partial charge in [-0.1, -0.05) is 26.0 Å². The molecule has 2 amide bonds. The number of amides is 2. The number of urea groups is 1. The van der Waals surface area contributed by atoms with Crippen LogP contribution in [0.2, 0.25) is 0 Å². The molecule has 2 N–H and O–H groups in total. The summed E-state index contributed by atoms with van der Waals surface area (Å²) in [5.74, 6) is -0.341. The maximum absolute atomic E-state index is 12.0. The highest BCUT2D eigenvalue weighted by Crippen LogP contribution is 2.12. The van der Waals surface area contributed by atoms with E-state index in [2.05, 4.69) is 19.2 Å². The Morgan fingerprint density at radius 1 is 1.35 bits per heavy atom. The predicted molar refractivity (Wildman–Crippen MR) is 78.9 cm³/mol. The molecular formula is C15H22N2O3. The number of hydrogen-bond acceptors (Lipinski definition) is 2. The highest BCUT2D eigenvalue weighted by Gasteiger charge is 2.10. The molecule has 0 fully saturated rings. The Hall–Kier alpha value is -2.04. The first-order chi connectivity index (χ1) is 9.38. The highest BCUT2D eigenvalue weighted by atomic mass is 16.4. The number of benzene rings is 1. The SMILES string of the molecule is CC(C)CCN(C)C(=O)Nc1cccc(CC(=O)O)c1. The van der Waals surface area contributed by atoms with Gasteiger partial charge in [0.05, 0.1) is 6.42 Å². The molecule has 5 nitrogen and oxygen atoms in total. The van der Waals surface area contributed by atoms with Crippen molar-refractivity contribution in [2.45, 2.75) is 26.7 Å². The van der Waals surface area contributed by atoms with Gasteiger partial charge in [0.1, 0.15) is 0 Å². The molecule has 0 aliphatic rings. The zero-order chi connectivity index (χ0) is 15.1. The third-order valence-corrected chi connectivity index (χ3v) is 2.92. The lowest BCUT2D eigenvalue weighted by molar-refractivity contribution is -0.136. The molecule has 1 aromatic rings. The van der Waals surface area contributed by atoms with E-state index in [-0.39, 0.29) is 12.5 Å². The lowest BCUT2D eigenvalue weighted by atomic mass is 10.1. The summed E-state index contributed by atoms with van der Waals surface area (Å²) in [7, 11) is 1.75. The van der Waals surface area contributed by atoms with Crippen LogP contribution in [0.4, 0.5) is 10.5 Å². The highest BCUT2D eigenvalue weighted by molar-refractivity contribution is 5.89. The van der Waals surface area contributed by atoms with Crippen LogP contribution < -0.4 is 5.32 Å². The molecule has 0 spiro atoms. The Balaban J connectivity index is 2.59. The van der Waals surface area contributed by atoms with Crippen molar-refractivity contribution in [3.8, 4) is 0 Å². The van der Waals surface area contributed by atoms with E-state index in [1.165, 1.54) is 0 Å². The normalized spacial score (nSPS) is 10.4. The van der Waals surface area contributed by atoms with E-state index in [9.17, 15) is 9.59 Å². The Morgan fingerprint density at radius 3 is 2.65 bits per heavy atom. The number of hydrogen-bond donors (Lipinski definition) is 2. The third-order valence-electron chi connectivity index (χ3n) is 2.92. The van der Waals surface area contributed by atoms with Crippen LogP contribution in [0, 0.1) is 5.92 Å². The zero-order valence-corrected chi connectivity index (χ0v) is 12.2. The van der Waals surface area contributed by atoms with Crippen molar-refractivity contribution >= 4 is 17.7 Å². The number of carbonyl (C=O) groups excluding carboxylic acids is 1. The smallest absolute Gasteiger partial charge is 0.321 e. The van der Waals surface area contributed by atoms with Gasteiger partial charge in [0, 0.05) is 19.3 Å². The largest absolute Gasteiger partial charge is 0.481 e. The Bertz CT molecular complexity index is 472. The van der Waals surface area contributed by atoms with Crippen LogP contribution >= 0.6 is 0 Å². The van der Waals surface area contributed by atoms with Gasteiger partial charge in [-0.2, -0.15) is 0 Å². The summed E-state index contributed by atoms with van der Waals surface area (Å²) in [5, 5.41) is 11.5. The molecule has 0 saturated carbocycles. The molecule has 0 bridgehead atoms. The second-order valence-corrected chi connectivity index (χ2v) is 5.31. The number of carbonyl (C=O) groups is 2. The summed E-state index contributed by atoms with van der Waals surface area (Å²) in [6, 6.07) is 6.72. The van der Waals surface area contributed by atoms with Crippen LogP contribution in [0.3, 0.4) is 0 Å². The quantitative estimate of drug-likeness (QED) is 0.840. The summed E-state index contributed by atoms with van der Waals surface area (Å²) in [5.41, 5.74) is 1.28. The van der Waals surface area contributed by atoms with Gasteiger partial charge in [-0.3, -0.25) is 4.79 Å². The first kappa shape index (κ1) is 16.0. The zero-order valence-electron chi connectivity index (χ0n) is 12.2. The number of aliphatic carboxylic acids is 1. The van der Waals surface area contributed by atoms with Crippen LogP contribution in [-0.2, 0) is 11.2 Å². The molecule has 0 aliphatic heterocycles. The van der Waals surface area contributed by atoms with Gasteiger partial charge in [-0.05, 0) is 30.0 Å². The average Bonchev–Trinajstić information content (AvgIpc) is 2.35. The Kier molecular flexibility index (Phi) is 6.03. The van der Waals surface area contributed by atoms with E-state index >= 15 is 0 Å². The molecule has 0 aromatic heterocycles. The fourth-order valence-corrected chi connectivity index (χ4v) is 1.71. The van der Waals surface area contributed by atoms with Crippen molar-refractivity contribution < 1.29 is 14.7 Å². The predicted octanol–water partition coefficient (Wildman–Crippen LogP) is 2.82. The lowest BCUT2D eigenvalue weighted by Gasteiger charge is -2.19. The van der Waals surface area contributed by atoms with E-state index in [0.29, 0.717) is 23.7 Å². The van der Waals surface area contributed by atoms with Crippen molar-refractivity contribution in [2.24, 2.45) is 5.92 Å². The van der Waals surface area contributed by atoms with Gasteiger partial charge in [0.2, 0.25) is 0 Å². The van der Waals surface area contributed by atoms with Crippen molar-refractivity contribution in [3.63, 3.8) is 0 Å². The molecule has 0 aliphatic carbocycles. The fourth-order valence-electron chi connectivity index (χ4n) is 1.71. The number of rotatable bonds is 6. The monoisotopic (exact) mass is 278 g/mol. The molecule has 1 aromatic carbocycles. The van der Waals surface area contributed by atoms with Crippen LogP contribution in [0.15, 0.2) is 24.3 Å². The van der Waals surface area contributed by atoms with Crippen LogP contribution in [0.1, 0.15) is 25.8 Å². The minimum absolute atomic E-state index is 0.0487. The maximum Gasteiger partial charge on any atom is 0.321 e. The molecule has 0 atom stereocenters. The summed E-state index contributed by atoms with van der Waals surface area (Å²) in [6.07, 6.45) is 0.899. The van der Waals surface area contributed by atoms with Crippen LogP contribution in [0.25, 0.3) is 0 Å². The third kappa shape index (κ3) is 5.73. The topological polar surface area (TPSA) is 69.6 Å². The number of anilines is 1. The fraction of sp³-hybridized carbons (Fsp3) is 0.467. The number of nitrogens with zero attached hydrogens (tertiary/aromatic N) is 1. The molecule has 1 rings (SSSR count). The first-order valence-corrected chi connectivity index (χ1v) is 6.71. The van der Waals surface area contributed by atoms with Gasteiger partial charge < -0.3 is 15.3 Å². The molecule has 0 heterocycles. The van der Waals surface area contributed by atoms with Gasteiger partial charge in [0.25, 0.3) is 0 Å². The molecule has 110 valence electrons. The summed E-state index contributed by atoms with van der Waals surface area (Å²) >= 11 is 0. The van der Waals surface area contributed by atoms with Gasteiger partial charge >= 0.3 is 12.0 Å². The first-order valence-electron chi connectivity index (χ1n) is 6.71. The minimum atomic E-state index is -0.887. The number of carboxylic acids is 1. The second-order valence-electron chi connectivity index (χ2n) is 5.31. The molecule has 0 radical (unpaired) electrons. The number of carboxylic acid groups (broad SMARTS) is 1. The van der Waals surface area contributed by atoms with Crippen LogP contribution in [-0.4, -0.2) is 35.6 Å². The summed E-state index contributed by atoms with van der Waals surface area (Å²) in [6.45, 7) is 4.92. The van der Waals surface area contributed by atoms with Crippen LogP contribution in [0.5, 0.6) is 0 Å². The number of nitrogens with one attached hydrogen (secondary N) is 1. The van der Waals surface area contributed by atoms with Crippen molar-refractivity contribution in [1.29, 1.82) is 0 Å². The summed E-state index contributed by atoms with van der Waals surface area (Å²) < 4.78 is 0. The van der Waals surface area contributed by atoms with Crippen molar-refractivity contribution in [1.82, 2.24) is 4.90 Å². The maximum atomic E-state index is 12.0. The molecule has 0 saturated heterocycles. The van der Waals surface area contributed by atoms with Crippen molar-refractivity contribution in [2.75, 3.05) is 18.9 Å². The van der Waals surface area contributed by atoms with Crippen molar-refractivity contribution in [3.05, 3.63) is 29.8 Å². The van der Waals surface area contributed by atoms with Gasteiger partial charge in [0.15, 0.2) is 0 Å². The van der Waals surface area contributed by atoms with Gasteiger partial charge in [-0.25, -0.2) is 4.79 Å². The van der Waals surface area contributed by atoms with E-state index in [4.69, 9.17) is 5.11 Å². The standard InChI is InChI=1S/C15H22N2O3/c1-11(2)7-8-17(3)15(20)16-13-6-4-5-12(9-13)10-14(18)19/h4-6,9,11H,7-8,10H2,1-3H3,(H,16,20)(H,18,19). The van der Waals surface area contributed by atoms with Gasteiger partial charge in [-0.15, -0.1) is 0 Å². The van der Waals surface area contributed by atoms with E-state index in [0.717, 1.165) is 6.42 Å². The lowest BCUT2D eigenvalue weighted by Crippen LogP contribution is -2.32. The van der Waals surface area contributed by atoms with E-state index in [1.54, 1.807) is 36.2 Å². The summed E-state index contributed by atoms with van der Waals surface area (Å²) in [4.78, 5) is 24.2. The molecule has 20 heavy (non-hydrogen) atoms. The molecule has 5 heteroatoms. The van der Waals surface area contributed by atoms with E-state index < -0.39 is 5.97 Å². The Labute approximate surface area is 119 Å². The second kappa shape index (κ2) is 7.53. The molecule has 0 unspecified atom stereocenters. The average molecular weight is 278 g/mol.